The summed E-state index contributed by atoms with van der Waals surface area (Å²) in [4.78, 5) is 37.5. The second kappa shape index (κ2) is 7.57. The van der Waals surface area contributed by atoms with Crippen molar-refractivity contribution in [1.82, 2.24) is 10.2 Å². The summed E-state index contributed by atoms with van der Waals surface area (Å²) >= 11 is 0. The summed E-state index contributed by atoms with van der Waals surface area (Å²) in [5.41, 5.74) is 6.67. The van der Waals surface area contributed by atoms with Gasteiger partial charge in [0.05, 0.1) is 6.54 Å². The minimum absolute atomic E-state index is 0.0174. The maximum Gasteiger partial charge on any atom is 0.331 e. The minimum atomic E-state index is -1.22. The van der Waals surface area contributed by atoms with E-state index in [0.29, 0.717) is 11.1 Å². The highest BCUT2D eigenvalue weighted by atomic mass is 16.4. The molecule has 1 saturated heterocycles. The fourth-order valence-electron chi connectivity index (χ4n) is 3.00. The van der Waals surface area contributed by atoms with Gasteiger partial charge in [0.1, 0.15) is 23.6 Å². The molecule has 0 saturated carbocycles. The third kappa shape index (κ3) is 3.74. The van der Waals surface area contributed by atoms with Gasteiger partial charge >= 0.3 is 5.97 Å². The summed E-state index contributed by atoms with van der Waals surface area (Å²) in [7, 11) is 0. The molecule has 2 aromatic carbocycles. The summed E-state index contributed by atoms with van der Waals surface area (Å²) in [6, 6.07) is 8.21. The third-order valence-electron chi connectivity index (χ3n) is 4.57. The van der Waals surface area contributed by atoms with Gasteiger partial charge in [0, 0.05) is 0 Å². The van der Waals surface area contributed by atoms with Crippen LogP contribution in [0.15, 0.2) is 48.5 Å². The van der Waals surface area contributed by atoms with Crippen molar-refractivity contribution in [3.63, 3.8) is 0 Å². The number of hydrogen-bond donors (Lipinski definition) is 5. The fourth-order valence-corrected chi connectivity index (χ4v) is 3.00. The van der Waals surface area contributed by atoms with E-state index >= 15 is 0 Å². The lowest BCUT2D eigenvalue weighted by Gasteiger charge is -2.42. The number of carbonyl (C=O) groups is 3. The minimum Gasteiger partial charge on any atom is -0.508 e. The number of likely N-dealkylation sites (tertiary alicyclic amines) is 1. The average Bonchev–Trinajstić information content (AvgIpc) is 2.67. The topological polar surface area (TPSA) is 153 Å². The molecule has 1 aliphatic heterocycles. The molecule has 0 radical (unpaired) electrons. The molecule has 3 rings (SSSR count). The first-order valence-corrected chi connectivity index (χ1v) is 8.45. The number of carboxylic acids is 1. The molecule has 0 aliphatic carbocycles. The Balaban J connectivity index is 1.65. The maximum absolute atomic E-state index is 12.4. The van der Waals surface area contributed by atoms with Crippen molar-refractivity contribution in [2.75, 3.05) is 6.54 Å². The van der Waals surface area contributed by atoms with Crippen LogP contribution in [0, 0.1) is 0 Å². The molecular formula is C19H19N3O6. The van der Waals surface area contributed by atoms with E-state index in [-0.39, 0.29) is 18.0 Å². The molecule has 2 amide bonds. The first kappa shape index (κ1) is 19.2. The highest BCUT2D eigenvalue weighted by Gasteiger charge is 2.45. The van der Waals surface area contributed by atoms with Gasteiger partial charge in [-0.25, -0.2) is 4.79 Å². The quantitative estimate of drug-likeness (QED) is 0.447. The predicted octanol–water partition coefficient (Wildman–Crippen LogP) is 0.251. The molecular weight excluding hydrogens is 366 g/mol. The van der Waals surface area contributed by atoms with E-state index < -0.39 is 35.9 Å². The van der Waals surface area contributed by atoms with E-state index in [1.807, 2.05) is 0 Å². The lowest BCUT2D eigenvalue weighted by atomic mass is 9.97. The number of hydrogen-bond acceptors (Lipinski definition) is 6. The van der Waals surface area contributed by atoms with E-state index in [1.54, 1.807) is 0 Å². The molecule has 146 valence electrons. The van der Waals surface area contributed by atoms with E-state index in [9.17, 15) is 29.7 Å². The van der Waals surface area contributed by atoms with Gasteiger partial charge in [-0.1, -0.05) is 24.3 Å². The van der Waals surface area contributed by atoms with E-state index in [2.05, 4.69) is 5.32 Å². The Morgan fingerprint density at radius 2 is 1.50 bits per heavy atom. The van der Waals surface area contributed by atoms with Gasteiger partial charge in [0.2, 0.25) is 11.8 Å². The Morgan fingerprint density at radius 1 is 1.00 bits per heavy atom. The number of nitrogens with zero attached hydrogens (tertiary/aromatic N) is 1. The van der Waals surface area contributed by atoms with Gasteiger partial charge in [-0.15, -0.1) is 0 Å². The van der Waals surface area contributed by atoms with Crippen LogP contribution in [-0.4, -0.2) is 50.6 Å². The van der Waals surface area contributed by atoms with Crippen LogP contribution in [0.5, 0.6) is 11.5 Å². The number of carbonyl (C=O) groups excluding carboxylic acids is 2. The normalized spacial score (nSPS) is 18.1. The van der Waals surface area contributed by atoms with Crippen LogP contribution < -0.4 is 11.1 Å². The number of aliphatic carboxylic acids is 1. The first-order chi connectivity index (χ1) is 13.3. The SMILES string of the molecule is NC(C(=O)NC1CN(C(C(=O)O)c2ccc(O)cc2)C1=O)c1ccc(O)cc1. The predicted molar refractivity (Wildman–Crippen MR) is 97.2 cm³/mol. The van der Waals surface area contributed by atoms with Crippen LogP contribution in [0.1, 0.15) is 23.2 Å². The largest absolute Gasteiger partial charge is 0.508 e. The van der Waals surface area contributed by atoms with Crippen molar-refractivity contribution in [2.45, 2.75) is 18.1 Å². The summed E-state index contributed by atoms with van der Waals surface area (Å²) in [6.07, 6.45) is 0. The lowest BCUT2D eigenvalue weighted by Crippen LogP contribution is -2.66. The van der Waals surface area contributed by atoms with Gasteiger partial charge in [0.25, 0.3) is 0 Å². The number of carboxylic acid groups (broad SMARTS) is 1. The number of nitrogens with two attached hydrogens (primary N) is 1. The van der Waals surface area contributed by atoms with Gasteiger partial charge in [0.15, 0.2) is 6.04 Å². The molecule has 1 fully saturated rings. The number of aromatic hydroxyl groups is 2. The second-order valence-electron chi connectivity index (χ2n) is 6.45. The number of phenolic OH excluding ortho intramolecular Hbond substituents is 2. The van der Waals surface area contributed by atoms with Crippen molar-refractivity contribution >= 4 is 17.8 Å². The van der Waals surface area contributed by atoms with Crippen LogP contribution in [0.3, 0.4) is 0 Å². The molecule has 9 nitrogen and oxygen atoms in total. The van der Waals surface area contributed by atoms with Crippen LogP contribution in [0.4, 0.5) is 0 Å². The molecule has 0 spiro atoms. The Morgan fingerprint density at radius 3 is 1.96 bits per heavy atom. The van der Waals surface area contributed by atoms with E-state index in [1.165, 1.54) is 48.5 Å². The first-order valence-electron chi connectivity index (χ1n) is 8.45. The number of β-lactam (4-membered cyclic amide) rings is 1. The van der Waals surface area contributed by atoms with Crippen LogP contribution >= 0.6 is 0 Å². The number of amides is 2. The van der Waals surface area contributed by atoms with Crippen molar-refractivity contribution < 1.29 is 29.7 Å². The second-order valence-corrected chi connectivity index (χ2v) is 6.45. The van der Waals surface area contributed by atoms with Gasteiger partial charge < -0.3 is 31.3 Å². The summed E-state index contributed by atoms with van der Waals surface area (Å²) in [5.74, 6) is -2.32. The van der Waals surface area contributed by atoms with Crippen LogP contribution in [-0.2, 0) is 14.4 Å². The summed E-state index contributed by atoms with van der Waals surface area (Å²) in [6.45, 7) is 0.0186. The molecule has 9 heteroatoms. The molecule has 1 heterocycles. The van der Waals surface area contributed by atoms with Crippen molar-refractivity contribution in [3.05, 3.63) is 59.7 Å². The van der Waals surface area contributed by atoms with Crippen molar-refractivity contribution in [1.29, 1.82) is 0 Å². The highest BCUT2D eigenvalue weighted by molar-refractivity contribution is 5.96. The molecule has 1 aliphatic rings. The standard InChI is InChI=1S/C19H19N3O6/c20-15(10-1-5-12(23)6-2-10)17(25)21-14-9-22(18(14)26)16(19(27)28)11-3-7-13(24)8-4-11/h1-8,14-16,23-24H,9,20H2,(H,21,25)(H,27,28). The number of phenols is 2. The molecule has 3 unspecified atom stereocenters. The monoisotopic (exact) mass is 385 g/mol. The van der Waals surface area contributed by atoms with E-state index in [4.69, 9.17) is 5.73 Å². The van der Waals surface area contributed by atoms with Crippen LogP contribution in [0.25, 0.3) is 0 Å². The number of rotatable bonds is 6. The summed E-state index contributed by atoms with van der Waals surface area (Å²) in [5, 5.41) is 30.6. The Hall–Kier alpha value is -3.59. The molecule has 28 heavy (non-hydrogen) atoms. The Labute approximate surface area is 160 Å². The van der Waals surface area contributed by atoms with Crippen molar-refractivity contribution in [3.8, 4) is 11.5 Å². The Bertz CT molecular complexity index is 897. The van der Waals surface area contributed by atoms with Gasteiger partial charge in [-0.2, -0.15) is 0 Å². The average molecular weight is 385 g/mol. The lowest BCUT2D eigenvalue weighted by molar-refractivity contribution is -0.160. The highest BCUT2D eigenvalue weighted by Crippen LogP contribution is 2.28. The van der Waals surface area contributed by atoms with Gasteiger partial charge in [-0.05, 0) is 35.4 Å². The number of nitrogens with one attached hydrogen (secondary N) is 1. The van der Waals surface area contributed by atoms with Gasteiger partial charge in [-0.3, -0.25) is 9.59 Å². The molecule has 3 atom stereocenters. The maximum atomic E-state index is 12.4. The molecule has 0 aromatic heterocycles. The Kier molecular flexibility index (Phi) is 5.18. The van der Waals surface area contributed by atoms with E-state index in [0.717, 1.165) is 4.90 Å². The summed E-state index contributed by atoms with van der Waals surface area (Å²) < 4.78 is 0. The van der Waals surface area contributed by atoms with Crippen molar-refractivity contribution in [2.24, 2.45) is 5.73 Å². The molecule has 6 N–H and O–H groups in total. The number of benzene rings is 2. The third-order valence-corrected chi connectivity index (χ3v) is 4.57. The fraction of sp³-hybridized carbons (Fsp3) is 0.211. The molecule has 2 aromatic rings. The zero-order valence-electron chi connectivity index (χ0n) is 14.6. The van der Waals surface area contributed by atoms with Crippen LogP contribution in [0.2, 0.25) is 0 Å². The smallest absolute Gasteiger partial charge is 0.331 e. The molecule has 0 bridgehead atoms. The zero-order chi connectivity index (χ0) is 20.4. The zero-order valence-corrected chi connectivity index (χ0v) is 14.6.